The van der Waals surface area contributed by atoms with Crippen molar-refractivity contribution in [2.75, 3.05) is 7.05 Å². The summed E-state index contributed by atoms with van der Waals surface area (Å²) in [7, 11) is 1.80. The summed E-state index contributed by atoms with van der Waals surface area (Å²) < 4.78 is 9.70. The molecule has 2 aromatic carbocycles. The largest absolute Gasteiger partial charge is 0.487 e. The normalized spacial score (nSPS) is 11.0. The zero-order valence-corrected chi connectivity index (χ0v) is 18.9. The lowest BCUT2D eigenvalue weighted by Gasteiger charge is -2.16. The number of imidazole rings is 1. The first-order chi connectivity index (χ1) is 16.6. The summed E-state index contributed by atoms with van der Waals surface area (Å²) in [4.78, 5) is 19.1. The maximum Gasteiger partial charge on any atom is 0.253 e. The van der Waals surface area contributed by atoms with Gasteiger partial charge >= 0.3 is 0 Å². The van der Waals surface area contributed by atoms with Crippen LogP contribution in [0, 0.1) is 0 Å². The van der Waals surface area contributed by atoms with Crippen LogP contribution in [0.4, 0.5) is 0 Å². The molecular formula is C27H25N5O2. The maximum absolute atomic E-state index is 12.9. The number of amides is 1. The molecule has 0 aliphatic heterocycles. The molecular weight excluding hydrogens is 426 g/mol. The van der Waals surface area contributed by atoms with E-state index in [0.29, 0.717) is 31.0 Å². The molecule has 0 saturated heterocycles. The lowest BCUT2D eigenvalue weighted by atomic mass is 10.2. The molecule has 0 aliphatic carbocycles. The SMILES string of the molecule is CN(Cc1cnn(Cc2ccccc2)c1)C(=O)c1ccc(OCc2cn3ccccc3n2)cc1. The van der Waals surface area contributed by atoms with Crippen LogP contribution < -0.4 is 4.74 Å². The van der Waals surface area contributed by atoms with Gasteiger partial charge in [0, 0.05) is 43.3 Å². The van der Waals surface area contributed by atoms with Gasteiger partial charge in [0.05, 0.1) is 18.4 Å². The quantitative estimate of drug-likeness (QED) is 0.350. The first-order valence-electron chi connectivity index (χ1n) is 11.1. The fourth-order valence-electron chi connectivity index (χ4n) is 3.82. The monoisotopic (exact) mass is 451 g/mol. The molecule has 5 rings (SSSR count). The van der Waals surface area contributed by atoms with Crippen LogP contribution >= 0.6 is 0 Å². The van der Waals surface area contributed by atoms with Gasteiger partial charge in [-0.1, -0.05) is 36.4 Å². The molecule has 3 heterocycles. The van der Waals surface area contributed by atoms with Crippen molar-refractivity contribution >= 4 is 11.6 Å². The molecule has 170 valence electrons. The summed E-state index contributed by atoms with van der Waals surface area (Å²) in [5.41, 5.74) is 4.51. The molecule has 0 fully saturated rings. The van der Waals surface area contributed by atoms with E-state index in [-0.39, 0.29) is 5.91 Å². The van der Waals surface area contributed by atoms with Gasteiger partial charge in [-0.25, -0.2) is 4.98 Å². The van der Waals surface area contributed by atoms with E-state index in [0.717, 1.165) is 16.9 Å². The Balaban J connectivity index is 1.16. The second-order valence-corrected chi connectivity index (χ2v) is 8.20. The molecule has 5 aromatic rings. The number of nitrogens with zero attached hydrogens (tertiary/aromatic N) is 5. The van der Waals surface area contributed by atoms with Crippen molar-refractivity contribution in [2.45, 2.75) is 19.7 Å². The maximum atomic E-state index is 12.9. The molecule has 0 spiro atoms. The zero-order chi connectivity index (χ0) is 23.3. The Morgan fingerprint density at radius 1 is 0.941 bits per heavy atom. The minimum Gasteiger partial charge on any atom is -0.487 e. The smallest absolute Gasteiger partial charge is 0.253 e. The highest BCUT2D eigenvalue weighted by molar-refractivity contribution is 5.94. The van der Waals surface area contributed by atoms with E-state index in [9.17, 15) is 4.79 Å². The van der Waals surface area contributed by atoms with Gasteiger partial charge in [0.25, 0.3) is 5.91 Å². The van der Waals surface area contributed by atoms with Gasteiger partial charge in [0.2, 0.25) is 0 Å². The van der Waals surface area contributed by atoms with Crippen LogP contribution in [-0.4, -0.2) is 37.0 Å². The predicted molar refractivity (Wildman–Crippen MR) is 130 cm³/mol. The standard InChI is InChI=1S/C27H25N5O2/c1-30(16-22-15-28-32(18-22)17-21-7-3-2-4-8-21)27(33)23-10-12-25(13-11-23)34-20-24-19-31-14-6-5-9-26(31)29-24/h2-15,18-19H,16-17,20H2,1H3. The lowest BCUT2D eigenvalue weighted by molar-refractivity contribution is 0.0785. The molecule has 0 atom stereocenters. The molecule has 0 saturated carbocycles. The fourth-order valence-corrected chi connectivity index (χ4v) is 3.82. The predicted octanol–water partition coefficient (Wildman–Crippen LogP) is 4.43. The molecule has 34 heavy (non-hydrogen) atoms. The number of benzene rings is 2. The summed E-state index contributed by atoms with van der Waals surface area (Å²) in [6.45, 7) is 1.55. The number of ether oxygens (including phenoxy) is 1. The van der Waals surface area contributed by atoms with Crippen LogP contribution in [0.25, 0.3) is 5.65 Å². The van der Waals surface area contributed by atoms with Crippen LogP contribution in [0.3, 0.4) is 0 Å². The topological polar surface area (TPSA) is 64.7 Å². The highest BCUT2D eigenvalue weighted by atomic mass is 16.5. The van der Waals surface area contributed by atoms with Crippen molar-refractivity contribution in [3.63, 3.8) is 0 Å². The van der Waals surface area contributed by atoms with Crippen molar-refractivity contribution < 1.29 is 9.53 Å². The van der Waals surface area contributed by atoms with E-state index in [1.165, 1.54) is 5.56 Å². The Bertz CT molecular complexity index is 1360. The average molecular weight is 452 g/mol. The Hall–Kier alpha value is -4.39. The van der Waals surface area contributed by atoms with Crippen molar-refractivity contribution in [3.05, 3.63) is 120 Å². The van der Waals surface area contributed by atoms with Crippen LogP contribution in [0.5, 0.6) is 5.75 Å². The number of carbonyl (C=O) groups is 1. The van der Waals surface area contributed by atoms with Gasteiger partial charge in [-0.2, -0.15) is 5.10 Å². The number of hydrogen-bond acceptors (Lipinski definition) is 4. The van der Waals surface area contributed by atoms with Crippen LogP contribution in [0.2, 0.25) is 0 Å². The van der Waals surface area contributed by atoms with Crippen molar-refractivity contribution in [1.29, 1.82) is 0 Å². The Kier molecular flexibility index (Phi) is 6.07. The summed E-state index contributed by atoms with van der Waals surface area (Å²) in [5.74, 6) is 0.640. The fraction of sp³-hybridized carbons (Fsp3) is 0.148. The molecule has 7 nitrogen and oxygen atoms in total. The van der Waals surface area contributed by atoms with Crippen LogP contribution in [0.1, 0.15) is 27.2 Å². The third kappa shape index (κ3) is 4.99. The summed E-state index contributed by atoms with van der Waals surface area (Å²) >= 11 is 0. The molecule has 0 aliphatic rings. The zero-order valence-electron chi connectivity index (χ0n) is 18.9. The Morgan fingerprint density at radius 3 is 2.53 bits per heavy atom. The first-order valence-corrected chi connectivity index (χ1v) is 11.1. The highest BCUT2D eigenvalue weighted by Gasteiger charge is 2.13. The Labute approximate surface area is 197 Å². The number of rotatable bonds is 8. The van der Waals surface area contributed by atoms with E-state index in [1.807, 2.05) is 82.4 Å². The summed E-state index contributed by atoms with van der Waals surface area (Å²) in [5, 5.41) is 4.42. The number of pyridine rings is 1. The molecule has 0 bridgehead atoms. The van der Waals surface area contributed by atoms with E-state index in [4.69, 9.17) is 4.74 Å². The van der Waals surface area contributed by atoms with Crippen LogP contribution in [-0.2, 0) is 19.7 Å². The number of hydrogen-bond donors (Lipinski definition) is 0. The molecule has 7 heteroatoms. The van der Waals surface area contributed by atoms with Gasteiger partial charge in [0.15, 0.2) is 0 Å². The molecule has 0 N–H and O–H groups in total. The van der Waals surface area contributed by atoms with Crippen molar-refractivity contribution in [2.24, 2.45) is 0 Å². The van der Waals surface area contributed by atoms with E-state index >= 15 is 0 Å². The lowest BCUT2D eigenvalue weighted by Crippen LogP contribution is -2.26. The number of carbonyl (C=O) groups excluding carboxylic acids is 1. The minimum atomic E-state index is -0.0530. The second-order valence-electron chi connectivity index (χ2n) is 8.20. The van der Waals surface area contributed by atoms with Crippen molar-refractivity contribution in [1.82, 2.24) is 24.1 Å². The minimum absolute atomic E-state index is 0.0530. The molecule has 0 radical (unpaired) electrons. The molecule has 1 amide bonds. The van der Waals surface area contributed by atoms with Gasteiger partial charge in [-0.05, 0) is 42.0 Å². The Morgan fingerprint density at radius 2 is 1.74 bits per heavy atom. The molecule has 0 unspecified atom stereocenters. The summed E-state index contributed by atoms with van der Waals surface area (Å²) in [6.07, 6.45) is 7.69. The molecule has 3 aromatic heterocycles. The van der Waals surface area contributed by atoms with Gasteiger partial charge < -0.3 is 14.0 Å². The first kappa shape index (κ1) is 21.5. The third-order valence-corrected chi connectivity index (χ3v) is 5.54. The summed E-state index contributed by atoms with van der Waals surface area (Å²) in [6, 6.07) is 23.2. The third-order valence-electron chi connectivity index (χ3n) is 5.54. The van der Waals surface area contributed by atoms with E-state index in [2.05, 4.69) is 22.2 Å². The van der Waals surface area contributed by atoms with Crippen molar-refractivity contribution in [3.8, 4) is 5.75 Å². The highest BCUT2D eigenvalue weighted by Crippen LogP contribution is 2.16. The second kappa shape index (κ2) is 9.62. The number of fused-ring (bicyclic) bond motifs is 1. The van der Waals surface area contributed by atoms with E-state index < -0.39 is 0 Å². The van der Waals surface area contributed by atoms with Gasteiger partial charge in [-0.3, -0.25) is 9.48 Å². The average Bonchev–Trinajstić information content (AvgIpc) is 3.49. The van der Waals surface area contributed by atoms with Gasteiger partial charge in [0.1, 0.15) is 18.0 Å². The van der Waals surface area contributed by atoms with Gasteiger partial charge in [-0.15, -0.1) is 0 Å². The number of aromatic nitrogens is 4. The van der Waals surface area contributed by atoms with Crippen LogP contribution in [0.15, 0.2) is 97.6 Å². The van der Waals surface area contributed by atoms with E-state index in [1.54, 1.807) is 24.1 Å².